The Morgan fingerprint density at radius 3 is 2.18 bits per heavy atom. The molecule has 0 aliphatic carbocycles. The number of ether oxygens (including phenoxy) is 2. The Balaban J connectivity index is 2.19. The van der Waals surface area contributed by atoms with Crippen LogP contribution in [0, 0.1) is 0 Å². The van der Waals surface area contributed by atoms with Crippen LogP contribution in [-0.2, 0) is 19.1 Å². The van der Waals surface area contributed by atoms with Gasteiger partial charge in [-0.2, -0.15) is 0 Å². The molecule has 1 N–H and O–H groups in total. The zero-order valence-corrected chi connectivity index (χ0v) is 12.8. The van der Waals surface area contributed by atoms with Gasteiger partial charge in [0.2, 0.25) is 0 Å². The predicted octanol–water partition coefficient (Wildman–Crippen LogP) is 1.33. The van der Waals surface area contributed by atoms with Gasteiger partial charge in [0.1, 0.15) is 5.57 Å². The van der Waals surface area contributed by atoms with Crippen LogP contribution in [0.3, 0.4) is 0 Å². The Labute approximate surface area is 128 Å². The largest absolute Gasteiger partial charge is 0.419 e. The van der Waals surface area contributed by atoms with E-state index in [9.17, 15) is 9.59 Å². The molecule has 6 nitrogen and oxygen atoms in total. The number of carbonyl (C=O) groups is 2. The lowest BCUT2D eigenvalue weighted by molar-refractivity contribution is -0.222. The molecule has 2 rings (SSSR count). The van der Waals surface area contributed by atoms with Crippen LogP contribution in [-0.4, -0.2) is 43.0 Å². The molecule has 0 aromatic heterocycles. The van der Waals surface area contributed by atoms with E-state index in [-0.39, 0.29) is 12.2 Å². The molecule has 0 spiro atoms. The topological polar surface area (TPSA) is 76.1 Å². The number of esters is 2. The van der Waals surface area contributed by atoms with Gasteiger partial charge in [0.25, 0.3) is 5.79 Å². The van der Waals surface area contributed by atoms with E-state index >= 15 is 0 Å². The summed E-state index contributed by atoms with van der Waals surface area (Å²) in [4.78, 5) is 25.6. The van der Waals surface area contributed by atoms with E-state index in [1.165, 1.54) is 19.9 Å². The van der Waals surface area contributed by atoms with Crippen molar-refractivity contribution in [2.24, 2.45) is 0 Å². The molecule has 1 fully saturated rings. The van der Waals surface area contributed by atoms with Gasteiger partial charge in [-0.05, 0) is 23.8 Å². The maximum absolute atomic E-state index is 11.9. The third-order valence-corrected chi connectivity index (χ3v) is 3.20. The van der Waals surface area contributed by atoms with Crippen LogP contribution in [0.5, 0.6) is 0 Å². The molecule has 118 valence electrons. The van der Waals surface area contributed by atoms with Gasteiger partial charge in [-0.1, -0.05) is 12.1 Å². The molecular formula is C16H19NO5. The Morgan fingerprint density at radius 1 is 1.14 bits per heavy atom. The van der Waals surface area contributed by atoms with Gasteiger partial charge in [-0.3, -0.25) is 0 Å². The molecule has 1 saturated heterocycles. The smallest absolute Gasteiger partial charge is 0.348 e. The summed E-state index contributed by atoms with van der Waals surface area (Å²) >= 11 is 0. The standard InChI is InChI=1S/C16H19NO5/c1-16(2)21-14(19)13(15(20)22-16)10-11-4-6-12(7-5-11)17(3)8-9-18/h4-7,10,18H,8-9H2,1-3H3. The predicted molar refractivity (Wildman–Crippen MR) is 81.0 cm³/mol. The molecule has 1 aromatic carbocycles. The Morgan fingerprint density at radius 2 is 1.68 bits per heavy atom. The summed E-state index contributed by atoms with van der Waals surface area (Å²) in [7, 11) is 1.86. The van der Waals surface area contributed by atoms with Gasteiger partial charge in [-0.15, -0.1) is 0 Å². The molecule has 6 heteroatoms. The van der Waals surface area contributed by atoms with Gasteiger partial charge < -0.3 is 19.5 Å². The lowest BCUT2D eigenvalue weighted by atomic mass is 10.1. The van der Waals surface area contributed by atoms with Crippen LogP contribution >= 0.6 is 0 Å². The quantitative estimate of drug-likeness (QED) is 0.514. The number of cyclic esters (lactones) is 2. The first kappa shape index (κ1) is 16.0. The van der Waals surface area contributed by atoms with Gasteiger partial charge in [0.05, 0.1) is 6.61 Å². The van der Waals surface area contributed by atoms with Crippen molar-refractivity contribution in [1.29, 1.82) is 0 Å². The van der Waals surface area contributed by atoms with E-state index in [0.29, 0.717) is 12.1 Å². The molecule has 0 atom stereocenters. The lowest BCUT2D eigenvalue weighted by Crippen LogP contribution is -2.41. The molecule has 1 aliphatic heterocycles. The average molecular weight is 305 g/mol. The molecule has 0 unspecified atom stereocenters. The molecule has 22 heavy (non-hydrogen) atoms. The van der Waals surface area contributed by atoms with Crippen molar-refractivity contribution in [3.8, 4) is 0 Å². The Hall–Kier alpha value is -2.34. The number of likely N-dealkylation sites (N-methyl/N-ethyl adjacent to an activating group) is 1. The zero-order chi connectivity index (χ0) is 16.3. The first-order chi connectivity index (χ1) is 10.3. The number of aliphatic hydroxyl groups is 1. The van der Waals surface area contributed by atoms with E-state index in [1.807, 2.05) is 24.1 Å². The van der Waals surface area contributed by atoms with E-state index in [4.69, 9.17) is 14.6 Å². The Kier molecular flexibility index (Phi) is 4.51. The minimum Gasteiger partial charge on any atom is -0.419 e. The van der Waals surface area contributed by atoms with Crippen molar-refractivity contribution in [2.45, 2.75) is 19.6 Å². The van der Waals surface area contributed by atoms with Gasteiger partial charge in [0.15, 0.2) is 0 Å². The van der Waals surface area contributed by atoms with Gasteiger partial charge in [0, 0.05) is 33.1 Å². The summed E-state index contributed by atoms with van der Waals surface area (Å²) in [5.41, 5.74) is 1.48. The normalized spacial score (nSPS) is 16.8. The highest BCUT2D eigenvalue weighted by Gasteiger charge is 2.38. The summed E-state index contributed by atoms with van der Waals surface area (Å²) in [5, 5.41) is 8.92. The van der Waals surface area contributed by atoms with Crippen LogP contribution in [0.4, 0.5) is 5.69 Å². The molecule has 0 radical (unpaired) electrons. The summed E-state index contributed by atoms with van der Waals surface area (Å²) in [6, 6.07) is 7.23. The fourth-order valence-electron chi connectivity index (χ4n) is 2.05. The van der Waals surface area contributed by atoms with Crippen molar-refractivity contribution < 1.29 is 24.2 Å². The van der Waals surface area contributed by atoms with Gasteiger partial charge >= 0.3 is 11.9 Å². The van der Waals surface area contributed by atoms with Crippen LogP contribution in [0.15, 0.2) is 29.8 Å². The van der Waals surface area contributed by atoms with Crippen molar-refractivity contribution in [1.82, 2.24) is 0 Å². The third-order valence-electron chi connectivity index (χ3n) is 3.20. The fourth-order valence-corrected chi connectivity index (χ4v) is 2.05. The number of hydrogen-bond acceptors (Lipinski definition) is 6. The van der Waals surface area contributed by atoms with E-state index in [2.05, 4.69) is 0 Å². The van der Waals surface area contributed by atoms with Gasteiger partial charge in [-0.25, -0.2) is 9.59 Å². The summed E-state index contributed by atoms with van der Waals surface area (Å²) in [5.74, 6) is -2.62. The van der Waals surface area contributed by atoms with E-state index in [1.54, 1.807) is 12.1 Å². The average Bonchev–Trinajstić information content (AvgIpc) is 2.43. The number of hydrogen-bond donors (Lipinski definition) is 1. The second kappa shape index (κ2) is 6.19. The molecule has 1 aliphatic rings. The van der Waals surface area contributed by atoms with Crippen molar-refractivity contribution in [3.63, 3.8) is 0 Å². The SMILES string of the molecule is CN(CCO)c1ccc(C=C2C(=O)OC(C)(C)OC2=O)cc1. The van der Waals surface area contributed by atoms with Crippen LogP contribution in [0.2, 0.25) is 0 Å². The maximum Gasteiger partial charge on any atom is 0.348 e. The number of rotatable bonds is 4. The van der Waals surface area contributed by atoms with Crippen molar-refractivity contribution in [3.05, 3.63) is 35.4 Å². The molecule has 1 heterocycles. The van der Waals surface area contributed by atoms with Crippen molar-refractivity contribution in [2.75, 3.05) is 25.1 Å². The first-order valence-electron chi connectivity index (χ1n) is 6.93. The van der Waals surface area contributed by atoms with Crippen LogP contribution < -0.4 is 4.90 Å². The molecular weight excluding hydrogens is 286 g/mol. The maximum atomic E-state index is 11.9. The highest BCUT2D eigenvalue weighted by Crippen LogP contribution is 2.24. The highest BCUT2D eigenvalue weighted by molar-refractivity contribution is 6.18. The Bertz CT molecular complexity index is 581. The first-order valence-corrected chi connectivity index (χ1v) is 6.93. The monoisotopic (exact) mass is 305 g/mol. The minimum atomic E-state index is -1.23. The zero-order valence-electron chi connectivity index (χ0n) is 12.8. The van der Waals surface area contributed by atoms with Crippen LogP contribution in [0.1, 0.15) is 19.4 Å². The van der Waals surface area contributed by atoms with E-state index in [0.717, 1.165) is 5.69 Å². The summed E-state index contributed by atoms with van der Waals surface area (Å²) < 4.78 is 10.1. The number of benzene rings is 1. The molecule has 0 amide bonds. The lowest BCUT2D eigenvalue weighted by Gasteiger charge is -2.29. The van der Waals surface area contributed by atoms with E-state index < -0.39 is 17.7 Å². The molecule has 0 bridgehead atoms. The summed E-state index contributed by atoms with van der Waals surface area (Å²) in [6.07, 6.45) is 1.44. The number of nitrogens with zero attached hydrogens (tertiary/aromatic N) is 1. The summed E-state index contributed by atoms with van der Waals surface area (Å²) in [6.45, 7) is 3.60. The molecule has 0 saturated carbocycles. The fraction of sp³-hybridized carbons (Fsp3) is 0.375. The highest BCUT2D eigenvalue weighted by atomic mass is 16.7. The van der Waals surface area contributed by atoms with Crippen molar-refractivity contribution >= 4 is 23.7 Å². The second-order valence-corrected chi connectivity index (χ2v) is 5.47. The second-order valence-electron chi connectivity index (χ2n) is 5.47. The minimum absolute atomic E-state index is 0.0652. The number of anilines is 1. The number of aliphatic hydroxyl groups excluding tert-OH is 1. The molecule has 1 aromatic rings. The third kappa shape index (κ3) is 3.65. The number of carbonyl (C=O) groups excluding carboxylic acids is 2. The van der Waals surface area contributed by atoms with Crippen LogP contribution in [0.25, 0.3) is 6.08 Å².